The van der Waals surface area contributed by atoms with Crippen molar-refractivity contribution in [1.82, 2.24) is 0 Å². The maximum absolute atomic E-state index is 4.24. The second-order valence-corrected chi connectivity index (χ2v) is 10.9. The molecule has 0 aromatic rings. The predicted molar refractivity (Wildman–Crippen MR) is 149 cm³/mol. The molecule has 0 aromatic heterocycles. The Bertz CT molecular complexity index is 307. The summed E-state index contributed by atoms with van der Waals surface area (Å²) in [4.78, 5) is 0. The van der Waals surface area contributed by atoms with Crippen LogP contribution >= 0.6 is 0 Å². The largest absolute Gasteiger partial charge is 0.0654 e. The molecule has 193 valence electrons. The lowest BCUT2D eigenvalue weighted by molar-refractivity contribution is 0.404. The maximum Gasteiger partial charge on any atom is -0.0414 e. The first kappa shape index (κ1) is 32.0. The van der Waals surface area contributed by atoms with E-state index in [0.717, 1.165) is 12.3 Å². The Labute approximate surface area is 206 Å². The third-order valence-corrected chi connectivity index (χ3v) is 7.59. The molecule has 0 heteroatoms. The van der Waals surface area contributed by atoms with Gasteiger partial charge in [0, 0.05) is 0 Å². The van der Waals surface area contributed by atoms with Crippen LogP contribution in [0.4, 0.5) is 0 Å². The molecule has 1 atom stereocenters. The number of unbranched alkanes of at least 4 members (excludes halogenated alkanes) is 23. The first-order valence-electron chi connectivity index (χ1n) is 15.6. The van der Waals surface area contributed by atoms with E-state index in [1.807, 2.05) is 0 Å². The summed E-state index contributed by atoms with van der Waals surface area (Å²) in [6.45, 7) is 8.85. The minimum Gasteiger partial charge on any atom is -0.0654 e. The second-order valence-electron chi connectivity index (χ2n) is 10.9. The minimum absolute atomic E-state index is 0.908. The van der Waals surface area contributed by atoms with Gasteiger partial charge in [-0.3, -0.25) is 0 Å². The quantitative estimate of drug-likeness (QED) is 0.104. The van der Waals surface area contributed by atoms with Crippen molar-refractivity contribution in [1.29, 1.82) is 0 Å². The van der Waals surface area contributed by atoms with Crippen LogP contribution in [0.5, 0.6) is 0 Å². The molecule has 1 unspecified atom stereocenters. The average Bonchev–Trinajstić information content (AvgIpc) is 2.81. The van der Waals surface area contributed by atoms with Crippen molar-refractivity contribution in [3.63, 3.8) is 0 Å². The molecule has 0 saturated heterocycles. The minimum atomic E-state index is 0.908. The third-order valence-electron chi connectivity index (χ3n) is 7.59. The van der Waals surface area contributed by atoms with E-state index in [1.165, 1.54) is 173 Å². The summed E-state index contributed by atoms with van der Waals surface area (Å²) < 4.78 is 0. The van der Waals surface area contributed by atoms with E-state index >= 15 is 0 Å². The van der Waals surface area contributed by atoms with Crippen LogP contribution < -0.4 is 0 Å². The standard InChI is InChI=1S/C32H65/c1-4-7-9-11-13-15-17-19-21-23-25-27-29-31-32(6-3)30-28-26-24-22-20-18-16-14-12-10-8-5-2/h32H,3-31H2,1-2H3. The topological polar surface area (TPSA) is 0 Å². The van der Waals surface area contributed by atoms with Gasteiger partial charge in [-0.25, -0.2) is 0 Å². The van der Waals surface area contributed by atoms with E-state index in [1.54, 1.807) is 0 Å². The van der Waals surface area contributed by atoms with Gasteiger partial charge in [0.15, 0.2) is 0 Å². The van der Waals surface area contributed by atoms with Crippen molar-refractivity contribution in [2.75, 3.05) is 0 Å². The van der Waals surface area contributed by atoms with Crippen molar-refractivity contribution in [2.24, 2.45) is 5.92 Å². The molecule has 0 spiro atoms. The molecule has 0 nitrogen and oxygen atoms in total. The molecular weight excluding hydrogens is 384 g/mol. The lowest BCUT2D eigenvalue weighted by Crippen LogP contribution is -1.99. The van der Waals surface area contributed by atoms with Gasteiger partial charge in [-0.05, 0) is 5.92 Å². The van der Waals surface area contributed by atoms with Crippen molar-refractivity contribution in [3.8, 4) is 0 Å². The molecule has 0 N–H and O–H groups in total. The van der Waals surface area contributed by atoms with Crippen LogP contribution in [0.25, 0.3) is 0 Å². The molecule has 0 aromatic carbocycles. The van der Waals surface area contributed by atoms with Crippen molar-refractivity contribution < 1.29 is 0 Å². The first-order chi connectivity index (χ1) is 15.8. The van der Waals surface area contributed by atoms with Crippen LogP contribution in [0.15, 0.2) is 0 Å². The third kappa shape index (κ3) is 26.3. The van der Waals surface area contributed by atoms with E-state index in [9.17, 15) is 0 Å². The van der Waals surface area contributed by atoms with Crippen molar-refractivity contribution in [3.05, 3.63) is 6.92 Å². The monoisotopic (exact) mass is 450 g/mol. The van der Waals surface area contributed by atoms with E-state index in [0.29, 0.717) is 0 Å². The van der Waals surface area contributed by atoms with Gasteiger partial charge in [0.25, 0.3) is 0 Å². The highest BCUT2D eigenvalue weighted by molar-refractivity contribution is 4.62. The van der Waals surface area contributed by atoms with E-state index in [-0.39, 0.29) is 0 Å². The predicted octanol–water partition coefficient (Wildman–Crippen LogP) is 12.4. The summed E-state index contributed by atoms with van der Waals surface area (Å²) in [5, 5.41) is 0. The Balaban J connectivity index is 3.26. The van der Waals surface area contributed by atoms with Crippen LogP contribution in [0, 0.1) is 12.8 Å². The van der Waals surface area contributed by atoms with Gasteiger partial charge in [0.2, 0.25) is 0 Å². The molecule has 0 aliphatic carbocycles. The summed E-state index contributed by atoms with van der Waals surface area (Å²) >= 11 is 0. The molecule has 0 aliphatic rings. The summed E-state index contributed by atoms with van der Waals surface area (Å²) in [7, 11) is 0. The summed E-state index contributed by atoms with van der Waals surface area (Å²) in [6, 6.07) is 0. The Morgan fingerprint density at radius 1 is 0.344 bits per heavy atom. The zero-order valence-electron chi connectivity index (χ0n) is 23.1. The Morgan fingerprint density at radius 2 is 0.562 bits per heavy atom. The average molecular weight is 450 g/mol. The summed E-state index contributed by atoms with van der Waals surface area (Å²) in [5.74, 6) is 0.908. The number of hydrogen-bond donors (Lipinski definition) is 0. The molecule has 1 radical (unpaired) electrons. The molecule has 0 aliphatic heterocycles. The Kier molecular flexibility index (Phi) is 29.0. The van der Waals surface area contributed by atoms with Crippen molar-refractivity contribution >= 4 is 0 Å². The highest BCUT2D eigenvalue weighted by atomic mass is 14.1. The van der Waals surface area contributed by atoms with Gasteiger partial charge in [-0.2, -0.15) is 0 Å². The van der Waals surface area contributed by atoms with Gasteiger partial charge < -0.3 is 0 Å². The number of rotatable bonds is 28. The fraction of sp³-hybridized carbons (Fsp3) is 0.969. The second kappa shape index (κ2) is 29.0. The molecule has 0 rings (SSSR count). The van der Waals surface area contributed by atoms with Crippen LogP contribution in [0.3, 0.4) is 0 Å². The van der Waals surface area contributed by atoms with Gasteiger partial charge in [-0.15, -0.1) is 0 Å². The lowest BCUT2D eigenvalue weighted by Gasteiger charge is -2.14. The highest BCUT2D eigenvalue weighted by Crippen LogP contribution is 2.22. The highest BCUT2D eigenvalue weighted by Gasteiger charge is 2.06. The molecule has 32 heavy (non-hydrogen) atoms. The van der Waals surface area contributed by atoms with Gasteiger partial charge in [-0.1, -0.05) is 201 Å². The molecule has 0 heterocycles. The maximum atomic E-state index is 4.24. The number of hydrogen-bond acceptors (Lipinski definition) is 0. The van der Waals surface area contributed by atoms with Gasteiger partial charge >= 0.3 is 0 Å². The zero-order valence-corrected chi connectivity index (χ0v) is 23.1. The van der Waals surface area contributed by atoms with Crippen LogP contribution in [-0.4, -0.2) is 0 Å². The molecule has 0 bridgehead atoms. The van der Waals surface area contributed by atoms with Crippen LogP contribution in [0.1, 0.15) is 194 Å². The fourth-order valence-electron chi connectivity index (χ4n) is 5.16. The molecule has 0 saturated carbocycles. The SMILES string of the molecule is [CH2]CC(CCCCCCCCCCCCCC)CCCCCCCCCCCCCCC. The van der Waals surface area contributed by atoms with Crippen LogP contribution in [0.2, 0.25) is 0 Å². The van der Waals surface area contributed by atoms with Crippen molar-refractivity contribution in [2.45, 2.75) is 194 Å². The van der Waals surface area contributed by atoms with E-state index in [4.69, 9.17) is 0 Å². The Morgan fingerprint density at radius 3 is 0.781 bits per heavy atom. The molecular formula is C32H65. The Hall–Kier alpha value is 0. The molecule has 0 fully saturated rings. The van der Waals surface area contributed by atoms with Gasteiger partial charge in [0.05, 0.1) is 0 Å². The van der Waals surface area contributed by atoms with E-state index < -0.39 is 0 Å². The van der Waals surface area contributed by atoms with Gasteiger partial charge in [0.1, 0.15) is 0 Å². The molecule has 0 amide bonds. The summed E-state index contributed by atoms with van der Waals surface area (Å²) in [6.07, 6.45) is 40.6. The van der Waals surface area contributed by atoms with Crippen LogP contribution in [-0.2, 0) is 0 Å². The van der Waals surface area contributed by atoms with E-state index in [2.05, 4.69) is 20.8 Å². The smallest absolute Gasteiger partial charge is 0.0414 e. The first-order valence-corrected chi connectivity index (χ1v) is 15.6. The summed E-state index contributed by atoms with van der Waals surface area (Å²) in [5.41, 5.74) is 0. The lowest BCUT2D eigenvalue weighted by atomic mass is 9.92. The fourth-order valence-corrected chi connectivity index (χ4v) is 5.16. The zero-order chi connectivity index (χ0) is 23.4. The normalized spacial score (nSPS) is 12.5.